The van der Waals surface area contributed by atoms with Crippen LogP contribution in [0.4, 0.5) is 23.2 Å². The zero-order valence-corrected chi connectivity index (χ0v) is 23.4. The molecule has 1 saturated heterocycles. The maximum Gasteiger partial charge on any atom is 0.431 e. The van der Waals surface area contributed by atoms with Gasteiger partial charge in [0.15, 0.2) is 16.7 Å². The predicted octanol–water partition coefficient (Wildman–Crippen LogP) is 4.14. The molecule has 0 bridgehead atoms. The number of hydrogen-bond donors (Lipinski definition) is 0. The van der Waals surface area contributed by atoms with Crippen molar-refractivity contribution in [2.24, 2.45) is 12.0 Å². The quantitative estimate of drug-likeness (QED) is 0.368. The van der Waals surface area contributed by atoms with Crippen LogP contribution < -0.4 is 25.5 Å². The fourth-order valence-electron chi connectivity index (χ4n) is 4.05. The van der Waals surface area contributed by atoms with E-state index in [2.05, 4.69) is 4.99 Å². The van der Waals surface area contributed by atoms with E-state index >= 15 is 0 Å². The summed E-state index contributed by atoms with van der Waals surface area (Å²) in [6.45, 7) is 0.0198. The largest absolute Gasteiger partial charge is 0.493 e. The zero-order valence-electron chi connectivity index (χ0n) is 21.8. The van der Waals surface area contributed by atoms with E-state index in [0.717, 1.165) is 30.9 Å². The van der Waals surface area contributed by atoms with Crippen molar-refractivity contribution < 1.29 is 36.6 Å². The topological polar surface area (TPSA) is 104 Å². The van der Waals surface area contributed by atoms with Crippen LogP contribution in [0.5, 0.6) is 17.2 Å². The lowest BCUT2D eigenvalue weighted by molar-refractivity contribution is -0.144. The van der Waals surface area contributed by atoms with Crippen molar-refractivity contribution in [3.8, 4) is 22.9 Å². The van der Waals surface area contributed by atoms with Gasteiger partial charge in [0.2, 0.25) is 11.7 Å². The van der Waals surface area contributed by atoms with Gasteiger partial charge in [-0.25, -0.2) is 18.7 Å². The second-order valence-corrected chi connectivity index (χ2v) is 9.84. The highest BCUT2D eigenvalue weighted by Gasteiger charge is 2.35. The van der Waals surface area contributed by atoms with E-state index in [-0.39, 0.29) is 49.3 Å². The van der Waals surface area contributed by atoms with Crippen molar-refractivity contribution in [1.29, 1.82) is 0 Å². The fraction of sp³-hybridized carbons (Fsp3) is 0.280. The van der Waals surface area contributed by atoms with E-state index in [9.17, 15) is 31.9 Å². The van der Waals surface area contributed by atoms with Gasteiger partial charge in [0.05, 0.1) is 50.0 Å². The van der Waals surface area contributed by atoms with Crippen LogP contribution in [0.15, 0.2) is 44.9 Å². The predicted molar refractivity (Wildman–Crippen MR) is 143 cm³/mol. The highest BCUT2D eigenvalue weighted by atomic mass is 35.5. The molecule has 0 aliphatic carbocycles. The summed E-state index contributed by atoms with van der Waals surface area (Å²) in [5.41, 5.74) is -4.55. The normalized spacial score (nSPS) is 14.6. The Hall–Kier alpha value is -3.98. The second kappa shape index (κ2) is 11.5. The molecular formula is C25H21ClF4N4O6S. The van der Waals surface area contributed by atoms with Crippen LogP contribution in [0, 0.1) is 5.82 Å². The number of alkyl halides is 3. The van der Waals surface area contributed by atoms with Gasteiger partial charge in [0.1, 0.15) is 11.5 Å². The van der Waals surface area contributed by atoms with Gasteiger partial charge >= 0.3 is 11.9 Å². The standard InChI is InChI=1S/C25H21ClF4N4O6S/c1-32-19(25(28,29)30)9-20(35)34(24(32)37)16-8-15(13(26)7-14(16)27)31-23-33(21(36)11-41-23)10-12-5-17(38-2)22(40-4)18(6-12)39-3/h5-9H,10-11H2,1-4H3/b31-23-. The number of amides is 1. The number of carbonyl (C=O) groups is 1. The van der Waals surface area contributed by atoms with Gasteiger partial charge in [-0.3, -0.25) is 19.1 Å². The number of methoxy groups -OCH3 is 3. The minimum Gasteiger partial charge on any atom is -0.493 e. The van der Waals surface area contributed by atoms with E-state index < -0.39 is 34.6 Å². The molecular weight excluding hydrogens is 596 g/mol. The van der Waals surface area contributed by atoms with E-state index in [4.69, 9.17) is 25.8 Å². The van der Waals surface area contributed by atoms with E-state index in [1.807, 2.05) is 0 Å². The van der Waals surface area contributed by atoms with Gasteiger partial charge in [0, 0.05) is 13.1 Å². The molecule has 3 aromatic rings. The third-order valence-electron chi connectivity index (χ3n) is 6.01. The summed E-state index contributed by atoms with van der Waals surface area (Å²) in [4.78, 5) is 43.7. The van der Waals surface area contributed by atoms with Gasteiger partial charge < -0.3 is 14.2 Å². The Bertz CT molecular complexity index is 1660. The molecule has 1 aliphatic heterocycles. The molecule has 4 rings (SSSR count). The molecule has 1 aliphatic rings. The molecule has 16 heteroatoms. The maximum atomic E-state index is 14.9. The summed E-state index contributed by atoms with van der Waals surface area (Å²) in [7, 11) is 5.13. The zero-order chi connectivity index (χ0) is 30.2. The summed E-state index contributed by atoms with van der Waals surface area (Å²) in [6.07, 6.45) is -4.99. The number of carbonyl (C=O) groups excluding carboxylic acids is 1. The van der Waals surface area contributed by atoms with Crippen molar-refractivity contribution in [3.05, 3.63) is 73.3 Å². The van der Waals surface area contributed by atoms with Crippen molar-refractivity contribution >= 4 is 40.1 Å². The highest BCUT2D eigenvalue weighted by Crippen LogP contribution is 2.39. The van der Waals surface area contributed by atoms with Crippen LogP contribution in [0.1, 0.15) is 11.3 Å². The van der Waals surface area contributed by atoms with Gasteiger partial charge in [-0.15, -0.1) is 0 Å². The van der Waals surface area contributed by atoms with E-state index in [1.54, 1.807) is 12.1 Å². The number of aromatic nitrogens is 2. The molecule has 0 saturated carbocycles. The first-order valence-corrected chi connectivity index (χ1v) is 12.9. The lowest BCUT2D eigenvalue weighted by atomic mass is 10.1. The Balaban J connectivity index is 1.78. The second-order valence-electron chi connectivity index (χ2n) is 8.49. The third kappa shape index (κ3) is 5.77. The first-order chi connectivity index (χ1) is 19.3. The summed E-state index contributed by atoms with van der Waals surface area (Å²) < 4.78 is 71.1. The molecule has 0 spiro atoms. The Labute approximate surface area is 238 Å². The number of nitrogens with zero attached hydrogens (tertiary/aromatic N) is 4. The Kier molecular flexibility index (Phi) is 8.40. The maximum absolute atomic E-state index is 14.9. The van der Waals surface area contributed by atoms with Crippen LogP contribution in [0.2, 0.25) is 5.02 Å². The smallest absolute Gasteiger partial charge is 0.431 e. The molecule has 2 heterocycles. The molecule has 218 valence electrons. The fourth-order valence-corrected chi connectivity index (χ4v) is 5.14. The van der Waals surface area contributed by atoms with Crippen molar-refractivity contribution in [3.63, 3.8) is 0 Å². The molecule has 0 atom stereocenters. The lowest BCUT2D eigenvalue weighted by Gasteiger charge is -2.19. The summed E-state index contributed by atoms with van der Waals surface area (Å²) in [5, 5.41) is -0.0703. The summed E-state index contributed by atoms with van der Waals surface area (Å²) >= 11 is 7.25. The van der Waals surface area contributed by atoms with Gasteiger partial charge in [0.25, 0.3) is 5.56 Å². The molecule has 10 nitrogen and oxygen atoms in total. The summed E-state index contributed by atoms with van der Waals surface area (Å²) in [5.74, 6) is -0.376. The van der Waals surface area contributed by atoms with Gasteiger partial charge in [-0.1, -0.05) is 23.4 Å². The number of hydrogen-bond acceptors (Lipinski definition) is 8. The molecule has 2 aromatic carbocycles. The third-order valence-corrected chi connectivity index (χ3v) is 7.27. The minimum absolute atomic E-state index is 0.0198. The van der Waals surface area contributed by atoms with Crippen LogP contribution in [0.25, 0.3) is 5.69 Å². The van der Waals surface area contributed by atoms with Crippen LogP contribution >= 0.6 is 23.4 Å². The number of benzene rings is 2. The summed E-state index contributed by atoms with van der Waals surface area (Å²) in [6, 6.07) is 5.19. The average molecular weight is 617 g/mol. The molecule has 0 unspecified atom stereocenters. The van der Waals surface area contributed by atoms with Crippen molar-refractivity contribution in [2.45, 2.75) is 12.7 Å². The minimum atomic E-state index is -4.99. The molecule has 41 heavy (non-hydrogen) atoms. The first-order valence-electron chi connectivity index (χ1n) is 11.5. The molecule has 1 fully saturated rings. The van der Waals surface area contributed by atoms with Crippen LogP contribution in [0.3, 0.4) is 0 Å². The number of thioether (sulfide) groups is 1. The lowest BCUT2D eigenvalue weighted by Crippen LogP contribution is -2.41. The molecule has 1 amide bonds. The number of halogens is 5. The van der Waals surface area contributed by atoms with Crippen molar-refractivity contribution in [2.75, 3.05) is 27.1 Å². The first kappa shape index (κ1) is 30.0. The highest BCUT2D eigenvalue weighted by molar-refractivity contribution is 8.15. The number of rotatable bonds is 7. The SMILES string of the molecule is COc1cc(CN2C(=O)CS/C2=N\c2cc(-n3c(=O)cc(C(F)(F)F)n(C)c3=O)c(F)cc2Cl)cc(OC)c1OC. The van der Waals surface area contributed by atoms with Gasteiger partial charge in [-0.2, -0.15) is 13.2 Å². The Morgan fingerprint density at radius 2 is 1.63 bits per heavy atom. The average Bonchev–Trinajstić information content (AvgIpc) is 3.25. The number of ether oxygens (including phenoxy) is 3. The molecule has 1 aromatic heterocycles. The van der Waals surface area contributed by atoms with Gasteiger partial charge in [-0.05, 0) is 29.8 Å². The Morgan fingerprint density at radius 1 is 1.00 bits per heavy atom. The van der Waals surface area contributed by atoms with Crippen LogP contribution in [-0.4, -0.2) is 52.2 Å². The Morgan fingerprint density at radius 3 is 2.20 bits per heavy atom. The number of aliphatic imine (C=N–C) groups is 1. The molecule has 0 radical (unpaired) electrons. The van der Waals surface area contributed by atoms with E-state index in [0.29, 0.717) is 22.8 Å². The van der Waals surface area contributed by atoms with E-state index in [1.165, 1.54) is 26.2 Å². The monoisotopic (exact) mass is 616 g/mol. The molecule has 0 N–H and O–H groups in total. The van der Waals surface area contributed by atoms with Crippen molar-refractivity contribution in [1.82, 2.24) is 14.0 Å². The number of amidine groups is 1. The van der Waals surface area contributed by atoms with Crippen LogP contribution in [-0.2, 0) is 24.6 Å².